The molecule has 1 atom stereocenters. The predicted octanol–water partition coefficient (Wildman–Crippen LogP) is 5.66. The van der Waals surface area contributed by atoms with Crippen molar-refractivity contribution in [2.24, 2.45) is 0 Å². The van der Waals surface area contributed by atoms with Crippen LogP contribution in [0.1, 0.15) is 28.2 Å². The van der Waals surface area contributed by atoms with Gasteiger partial charge in [-0.05, 0) is 25.0 Å². The molecule has 0 N–H and O–H groups in total. The second-order valence-corrected chi connectivity index (χ2v) is 4.58. The van der Waals surface area contributed by atoms with Gasteiger partial charge in [0.15, 0.2) is 0 Å². The number of ether oxygens (including phenoxy) is 1. The van der Waals surface area contributed by atoms with Gasteiger partial charge < -0.3 is 67.5 Å². The van der Waals surface area contributed by atoms with Gasteiger partial charge in [0.1, 0.15) is 0 Å². The Morgan fingerprint density at radius 2 is 1.50 bits per heavy atom. The summed E-state index contributed by atoms with van der Waals surface area (Å²) < 4.78 is 5.23. The van der Waals surface area contributed by atoms with Crippen LogP contribution in [0, 0.1) is 154 Å². The molecule has 1 unspecified atom stereocenters. The molecule has 0 saturated heterocycles. The fraction of sp³-hybridized carbons (Fsp3) is 0.136. The Kier molecular flexibility index (Phi) is 28.1. The summed E-state index contributed by atoms with van der Waals surface area (Å²) in [7, 11) is 0. The van der Waals surface area contributed by atoms with Gasteiger partial charge in [-0.15, -0.1) is 0 Å². The molecule has 0 radical (unpaired) electrons. The standard InChI is InChI=1S/C16H12O2.6CH3.2Ce/c1-10-7-8-12(9-11(10)2)15-13-5-3-4-6-14(13)18-16(15)17;;;;;;;;/h4-5,7-9,15H,1-2H3;6*1H3;;/q-2;6*-1;2*+4. The predicted molar refractivity (Wildman–Crippen MR) is 106 cm³/mol. The summed E-state index contributed by atoms with van der Waals surface area (Å²) >= 11 is 0. The number of hydrogen-bond acceptors (Lipinski definition) is 2. The van der Waals surface area contributed by atoms with E-state index in [0.717, 1.165) is 11.1 Å². The number of aryl methyl sites for hydroxylation is 2. The Morgan fingerprint density at radius 3 is 2.04 bits per heavy atom. The number of esters is 1. The third-order valence-electron chi connectivity index (χ3n) is 3.40. The minimum atomic E-state index is -0.340. The van der Waals surface area contributed by atoms with Crippen molar-refractivity contribution in [3.63, 3.8) is 0 Å². The van der Waals surface area contributed by atoms with Crippen LogP contribution in [0.15, 0.2) is 30.3 Å². The van der Waals surface area contributed by atoms with E-state index >= 15 is 0 Å². The van der Waals surface area contributed by atoms with Gasteiger partial charge >= 0.3 is 83.5 Å². The smallest absolute Gasteiger partial charge is 0.479 e. The van der Waals surface area contributed by atoms with Crippen LogP contribution in [0.2, 0.25) is 0 Å². The third kappa shape index (κ3) is 8.35. The fourth-order valence-corrected chi connectivity index (χ4v) is 2.24. The van der Waals surface area contributed by atoms with E-state index in [1.54, 1.807) is 12.1 Å². The fourth-order valence-electron chi connectivity index (χ4n) is 2.24. The molecule has 1 aliphatic heterocycles. The Bertz CT molecular complexity index is 640. The van der Waals surface area contributed by atoms with Crippen molar-refractivity contribution in [3.05, 3.63) is 109 Å². The number of fused-ring (bicyclic) bond motifs is 1. The molecule has 2 aromatic carbocycles. The van der Waals surface area contributed by atoms with Crippen molar-refractivity contribution in [3.8, 4) is 5.75 Å². The van der Waals surface area contributed by atoms with Gasteiger partial charge in [-0.3, -0.25) is 10.9 Å². The molecule has 3 rings (SSSR count). The van der Waals surface area contributed by atoms with Crippen LogP contribution in [0.4, 0.5) is 0 Å². The number of rotatable bonds is 1. The molecule has 0 saturated carbocycles. The van der Waals surface area contributed by atoms with Crippen LogP contribution in [-0.4, -0.2) is 5.97 Å². The molecule has 0 aliphatic carbocycles. The van der Waals surface area contributed by atoms with E-state index in [1.165, 1.54) is 11.1 Å². The molecule has 26 heavy (non-hydrogen) atoms. The second kappa shape index (κ2) is 17.7. The van der Waals surface area contributed by atoms with E-state index in [-0.39, 0.29) is 140 Å². The van der Waals surface area contributed by atoms with E-state index in [4.69, 9.17) is 4.74 Å². The first-order valence-corrected chi connectivity index (χ1v) is 5.87. The topological polar surface area (TPSA) is 26.3 Å². The Balaban J connectivity index is -0.000000125. The Labute approximate surface area is 230 Å². The molecule has 0 spiro atoms. The molecular formula is C22H30Ce2O2. The van der Waals surface area contributed by atoms with E-state index in [0.29, 0.717) is 5.75 Å². The molecule has 138 valence electrons. The summed E-state index contributed by atoms with van der Waals surface area (Å²) in [6.07, 6.45) is 0. The zero-order chi connectivity index (χ0) is 12.7. The first-order valence-electron chi connectivity index (χ1n) is 5.87. The SMILES string of the molecule is Cc1ccc(C2C(=O)Oc3[c-]c[c-]cc32)cc1C.[CH3-].[CH3-].[CH3-].[CH3-].[CH3-].[CH3-].[Ce+4].[Ce+4]. The molecule has 1 heterocycles. The van der Waals surface area contributed by atoms with Crippen LogP contribution in [0.5, 0.6) is 5.75 Å². The van der Waals surface area contributed by atoms with Gasteiger partial charge in [0.25, 0.3) is 5.97 Å². The van der Waals surface area contributed by atoms with Crippen molar-refractivity contribution in [2.75, 3.05) is 0 Å². The summed E-state index contributed by atoms with van der Waals surface area (Å²) in [4.78, 5) is 12.0. The van der Waals surface area contributed by atoms with Gasteiger partial charge in [0.05, 0.1) is 0 Å². The summed E-state index contributed by atoms with van der Waals surface area (Å²) in [6, 6.07) is 15.4. The summed E-state index contributed by atoms with van der Waals surface area (Å²) in [5.74, 6) is -0.0425. The number of hydrogen-bond donors (Lipinski definition) is 0. The minimum absolute atomic E-state index is 0. The summed E-state index contributed by atoms with van der Waals surface area (Å²) in [5.41, 5.74) is 4.22. The first kappa shape index (κ1) is 41.1. The van der Waals surface area contributed by atoms with Gasteiger partial charge in [-0.25, -0.2) is 5.56 Å². The maximum Gasteiger partial charge on any atom is 4.00 e. The molecular weight excluding hydrogens is 576 g/mol. The summed E-state index contributed by atoms with van der Waals surface area (Å²) in [6.45, 7) is 4.10. The normalized spacial score (nSPS) is 12.1. The van der Waals surface area contributed by atoms with E-state index in [2.05, 4.69) is 19.1 Å². The maximum atomic E-state index is 12.0. The molecule has 0 aromatic heterocycles. The van der Waals surface area contributed by atoms with Gasteiger partial charge in [0, 0.05) is 5.92 Å². The van der Waals surface area contributed by atoms with Crippen LogP contribution in [0.3, 0.4) is 0 Å². The molecule has 0 amide bonds. The van der Waals surface area contributed by atoms with Crippen LogP contribution >= 0.6 is 0 Å². The average Bonchev–Trinajstić information content (AvgIpc) is 2.69. The molecule has 1 aliphatic rings. The minimum Gasteiger partial charge on any atom is -0.479 e. The maximum absolute atomic E-state index is 12.0. The van der Waals surface area contributed by atoms with Gasteiger partial charge in [-0.2, -0.15) is 0 Å². The van der Waals surface area contributed by atoms with Gasteiger partial charge in [0.2, 0.25) is 0 Å². The number of carbonyl (C=O) groups is 1. The molecule has 2 nitrogen and oxygen atoms in total. The van der Waals surface area contributed by atoms with Crippen LogP contribution < -0.4 is 4.74 Å². The van der Waals surface area contributed by atoms with Crippen molar-refractivity contribution in [2.45, 2.75) is 19.8 Å². The molecule has 0 fully saturated rings. The number of benzene rings is 2. The van der Waals surface area contributed by atoms with Crippen molar-refractivity contribution in [1.82, 2.24) is 0 Å². The Hall–Kier alpha value is 0.663. The molecule has 4 heteroatoms. The largest absolute Gasteiger partial charge is 4.00 e. The van der Waals surface area contributed by atoms with Gasteiger partial charge in [-0.1, -0.05) is 29.5 Å². The van der Waals surface area contributed by atoms with Crippen molar-refractivity contribution < 1.29 is 93.0 Å². The zero-order valence-electron chi connectivity index (χ0n) is 17.3. The first-order chi connectivity index (χ1) is 8.66. The molecule has 0 bridgehead atoms. The monoisotopic (exact) mass is 606 g/mol. The van der Waals surface area contributed by atoms with E-state index in [9.17, 15) is 4.79 Å². The van der Waals surface area contributed by atoms with Crippen molar-refractivity contribution >= 4 is 5.97 Å². The second-order valence-electron chi connectivity index (χ2n) is 4.58. The van der Waals surface area contributed by atoms with Crippen molar-refractivity contribution in [1.29, 1.82) is 0 Å². The zero-order valence-corrected chi connectivity index (χ0v) is 23.6. The molecule has 2 aromatic rings. The van der Waals surface area contributed by atoms with E-state index < -0.39 is 0 Å². The Morgan fingerprint density at radius 1 is 0.923 bits per heavy atom. The van der Waals surface area contributed by atoms with Crippen LogP contribution in [-0.2, 0) is 4.79 Å². The third-order valence-corrected chi connectivity index (χ3v) is 3.40. The van der Waals surface area contributed by atoms with E-state index in [1.807, 2.05) is 25.1 Å². The number of carbonyl (C=O) groups excluding carboxylic acids is 1. The summed E-state index contributed by atoms with van der Waals surface area (Å²) in [5, 5.41) is 0. The quantitative estimate of drug-likeness (QED) is 0.238. The average molecular weight is 607 g/mol. The van der Waals surface area contributed by atoms with Crippen LogP contribution in [0.25, 0.3) is 0 Å².